The average Bonchev–Trinajstić information content (AvgIpc) is 2.77. The Balaban J connectivity index is 1.96. The van der Waals surface area contributed by atoms with Crippen LogP contribution in [0.1, 0.15) is 22.0 Å². The van der Waals surface area contributed by atoms with E-state index < -0.39 is 17.8 Å². The number of anilines is 2. The van der Waals surface area contributed by atoms with Gasteiger partial charge in [-0.2, -0.15) is 0 Å². The lowest BCUT2D eigenvalue weighted by Gasteiger charge is -2.14. The van der Waals surface area contributed by atoms with Crippen molar-refractivity contribution >= 4 is 23.2 Å². The molecule has 2 aromatic rings. The molecule has 1 atom stereocenters. The number of hydrogen-bond donors (Lipinski definition) is 3. The molecule has 1 aliphatic rings. The van der Waals surface area contributed by atoms with E-state index in [-0.39, 0.29) is 17.2 Å². The molecule has 3 rings (SSSR count). The third-order valence-electron chi connectivity index (χ3n) is 3.34. The van der Waals surface area contributed by atoms with Crippen LogP contribution in [0.25, 0.3) is 0 Å². The van der Waals surface area contributed by atoms with Gasteiger partial charge in [-0.25, -0.2) is 4.39 Å². The van der Waals surface area contributed by atoms with E-state index in [1.54, 1.807) is 24.3 Å². The molecular weight excluding hydrogens is 273 g/mol. The molecule has 0 aromatic heterocycles. The highest BCUT2D eigenvalue weighted by molar-refractivity contribution is 6.04. The van der Waals surface area contributed by atoms with Crippen LogP contribution in [0.5, 0.6) is 0 Å². The molecule has 2 amide bonds. The van der Waals surface area contributed by atoms with Crippen molar-refractivity contribution in [1.82, 2.24) is 0 Å². The fraction of sp³-hybridized carbons (Fsp3) is 0.0667. The number of halogens is 1. The Morgan fingerprint density at radius 2 is 2.00 bits per heavy atom. The van der Waals surface area contributed by atoms with Gasteiger partial charge in [0.2, 0.25) is 5.91 Å². The normalized spacial score (nSPS) is 16.2. The number of para-hydroxylation sites is 1. The molecule has 6 heteroatoms. The number of benzene rings is 2. The molecule has 2 aromatic carbocycles. The van der Waals surface area contributed by atoms with E-state index in [0.29, 0.717) is 5.69 Å². The van der Waals surface area contributed by atoms with E-state index in [2.05, 4.69) is 10.6 Å². The van der Waals surface area contributed by atoms with Crippen LogP contribution in [0, 0.1) is 5.82 Å². The summed E-state index contributed by atoms with van der Waals surface area (Å²) in [5, 5.41) is 5.52. The average molecular weight is 285 g/mol. The van der Waals surface area contributed by atoms with Gasteiger partial charge >= 0.3 is 0 Å². The molecule has 0 bridgehead atoms. The summed E-state index contributed by atoms with van der Waals surface area (Å²) in [6.07, 6.45) is 0. The number of primary amides is 1. The van der Waals surface area contributed by atoms with E-state index in [9.17, 15) is 14.0 Å². The molecule has 0 radical (unpaired) electrons. The monoisotopic (exact) mass is 285 g/mol. The van der Waals surface area contributed by atoms with Crippen molar-refractivity contribution in [3.8, 4) is 0 Å². The zero-order chi connectivity index (χ0) is 15.0. The maximum absolute atomic E-state index is 13.8. The summed E-state index contributed by atoms with van der Waals surface area (Å²) in [6, 6.07) is 10.2. The fourth-order valence-electron chi connectivity index (χ4n) is 2.30. The first-order valence-electron chi connectivity index (χ1n) is 6.32. The number of nitrogens with two attached hydrogens (primary N) is 1. The Bertz CT molecular complexity index is 745. The molecule has 1 unspecified atom stereocenters. The van der Waals surface area contributed by atoms with E-state index in [0.717, 1.165) is 11.6 Å². The van der Waals surface area contributed by atoms with Gasteiger partial charge in [-0.15, -0.1) is 0 Å². The van der Waals surface area contributed by atoms with Crippen LogP contribution in [0.2, 0.25) is 0 Å². The van der Waals surface area contributed by atoms with Crippen LogP contribution in [0.4, 0.5) is 15.8 Å². The summed E-state index contributed by atoms with van der Waals surface area (Å²) in [5.74, 6) is -1.49. The number of hydrogen-bond acceptors (Lipinski definition) is 3. The number of rotatable bonds is 3. The van der Waals surface area contributed by atoms with Gasteiger partial charge in [0.1, 0.15) is 11.9 Å². The zero-order valence-electron chi connectivity index (χ0n) is 10.9. The molecule has 0 aliphatic carbocycles. The van der Waals surface area contributed by atoms with Gasteiger partial charge in [-0.05, 0) is 24.3 Å². The number of amides is 2. The highest BCUT2D eigenvalue weighted by Crippen LogP contribution is 2.33. The second-order valence-electron chi connectivity index (χ2n) is 4.71. The van der Waals surface area contributed by atoms with E-state index in [4.69, 9.17) is 5.73 Å². The van der Waals surface area contributed by atoms with Crippen molar-refractivity contribution in [2.75, 3.05) is 10.6 Å². The van der Waals surface area contributed by atoms with Gasteiger partial charge in [0, 0.05) is 16.8 Å². The van der Waals surface area contributed by atoms with Gasteiger partial charge in [-0.1, -0.05) is 18.2 Å². The van der Waals surface area contributed by atoms with E-state index >= 15 is 0 Å². The smallest absolute Gasteiger partial charge is 0.251 e. The number of fused-ring (bicyclic) bond motifs is 1. The van der Waals surface area contributed by atoms with Crippen molar-refractivity contribution < 1.29 is 14.0 Å². The molecule has 21 heavy (non-hydrogen) atoms. The molecule has 0 spiro atoms. The number of carbonyl (C=O) groups is 2. The minimum Gasteiger partial charge on any atom is -0.368 e. The third-order valence-corrected chi connectivity index (χ3v) is 3.34. The topological polar surface area (TPSA) is 84.2 Å². The summed E-state index contributed by atoms with van der Waals surface area (Å²) < 4.78 is 13.8. The van der Waals surface area contributed by atoms with Crippen LogP contribution in [0.15, 0.2) is 42.5 Å². The zero-order valence-corrected chi connectivity index (χ0v) is 10.9. The second-order valence-corrected chi connectivity index (χ2v) is 4.71. The standard InChI is InChI=1S/C15H12FN3O2/c16-10-6-5-8(14(17)20)7-12(10)18-13-9-3-1-2-4-11(9)19-15(13)21/h1-7,13,18H,(H2,17,20)(H,19,21). The van der Waals surface area contributed by atoms with Crippen molar-refractivity contribution in [3.05, 3.63) is 59.4 Å². The lowest BCUT2D eigenvalue weighted by Crippen LogP contribution is -2.21. The molecule has 1 heterocycles. The molecular formula is C15H12FN3O2. The van der Waals surface area contributed by atoms with Crippen molar-refractivity contribution in [2.24, 2.45) is 5.73 Å². The quantitative estimate of drug-likeness (QED) is 0.806. The summed E-state index contributed by atoms with van der Waals surface area (Å²) in [4.78, 5) is 23.1. The lowest BCUT2D eigenvalue weighted by atomic mass is 10.1. The molecule has 4 N–H and O–H groups in total. The molecule has 0 saturated carbocycles. The van der Waals surface area contributed by atoms with E-state index in [1.807, 2.05) is 0 Å². The first kappa shape index (κ1) is 13.1. The highest BCUT2D eigenvalue weighted by atomic mass is 19.1. The van der Waals surface area contributed by atoms with Crippen LogP contribution in [0.3, 0.4) is 0 Å². The van der Waals surface area contributed by atoms with Gasteiger partial charge in [0.25, 0.3) is 5.91 Å². The third kappa shape index (κ3) is 2.31. The number of nitrogens with one attached hydrogen (secondary N) is 2. The Morgan fingerprint density at radius 1 is 1.24 bits per heavy atom. The number of carbonyl (C=O) groups excluding carboxylic acids is 2. The fourth-order valence-corrected chi connectivity index (χ4v) is 2.30. The molecule has 1 aliphatic heterocycles. The minimum atomic E-state index is -0.709. The highest BCUT2D eigenvalue weighted by Gasteiger charge is 2.30. The van der Waals surface area contributed by atoms with Crippen LogP contribution >= 0.6 is 0 Å². The largest absolute Gasteiger partial charge is 0.368 e. The maximum atomic E-state index is 13.8. The Hall–Kier alpha value is -2.89. The molecule has 0 saturated heterocycles. The molecule has 0 fully saturated rings. The first-order valence-corrected chi connectivity index (χ1v) is 6.32. The van der Waals surface area contributed by atoms with Crippen LogP contribution in [-0.2, 0) is 4.79 Å². The first-order chi connectivity index (χ1) is 10.1. The SMILES string of the molecule is NC(=O)c1ccc(F)c(NC2C(=O)Nc3ccccc32)c1. The molecule has 5 nitrogen and oxygen atoms in total. The van der Waals surface area contributed by atoms with Crippen molar-refractivity contribution in [3.63, 3.8) is 0 Å². The van der Waals surface area contributed by atoms with Crippen LogP contribution < -0.4 is 16.4 Å². The Labute approximate surface area is 120 Å². The summed E-state index contributed by atoms with van der Waals surface area (Å²) in [5.41, 5.74) is 6.82. The van der Waals surface area contributed by atoms with Gasteiger partial charge in [0.15, 0.2) is 0 Å². The van der Waals surface area contributed by atoms with Crippen LogP contribution in [-0.4, -0.2) is 11.8 Å². The van der Waals surface area contributed by atoms with E-state index in [1.165, 1.54) is 12.1 Å². The van der Waals surface area contributed by atoms with Crippen molar-refractivity contribution in [2.45, 2.75) is 6.04 Å². The molecule has 106 valence electrons. The Kier molecular flexibility index (Phi) is 3.06. The van der Waals surface area contributed by atoms with Gasteiger partial charge in [-0.3, -0.25) is 9.59 Å². The second kappa shape index (κ2) is 4.90. The minimum absolute atomic E-state index is 0.0585. The Morgan fingerprint density at radius 3 is 2.76 bits per heavy atom. The predicted molar refractivity (Wildman–Crippen MR) is 76.4 cm³/mol. The maximum Gasteiger partial charge on any atom is 0.251 e. The summed E-state index contributed by atoms with van der Waals surface area (Å²) >= 11 is 0. The summed E-state index contributed by atoms with van der Waals surface area (Å²) in [6.45, 7) is 0. The van der Waals surface area contributed by atoms with Crippen molar-refractivity contribution in [1.29, 1.82) is 0 Å². The predicted octanol–water partition coefficient (Wildman–Crippen LogP) is 2.03. The van der Waals surface area contributed by atoms with Gasteiger partial charge in [0.05, 0.1) is 5.69 Å². The van der Waals surface area contributed by atoms with Gasteiger partial charge < -0.3 is 16.4 Å². The summed E-state index contributed by atoms with van der Waals surface area (Å²) in [7, 11) is 0. The lowest BCUT2D eigenvalue weighted by molar-refractivity contribution is -0.116.